The van der Waals surface area contributed by atoms with Crippen molar-refractivity contribution in [2.45, 2.75) is 13.2 Å². The van der Waals surface area contributed by atoms with Gasteiger partial charge in [-0.05, 0) is 40.5 Å². The van der Waals surface area contributed by atoms with E-state index in [0.29, 0.717) is 11.1 Å². The Morgan fingerprint density at radius 1 is 0.818 bits per heavy atom. The minimum Gasteiger partial charge on any atom is -0.504 e. The van der Waals surface area contributed by atoms with E-state index >= 15 is 0 Å². The molecule has 2 aromatic carbocycles. The van der Waals surface area contributed by atoms with Gasteiger partial charge in [0.05, 0.1) is 0 Å². The van der Waals surface area contributed by atoms with Crippen LogP contribution < -0.4 is 4.74 Å². The van der Waals surface area contributed by atoms with Crippen LogP contribution in [0.25, 0.3) is 11.1 Å². The van der Waals surface area contributed by atoms with Crippen LogP contribution in [0.15, 0.2) is 36.4 Å². The van der Waals surface area contributed by atoms with E-state index in [1.807, 2.05) is 0 Å². The largest absolute Gasteiger partial charge is 0.504 e. The molecule has 0 unspecified atom stereocenters. The van der Waals surface area contributed by atoms with Gasteiger partial charge in [-0.2, -0.15) is 0 Å². The van der Waals surface area contributed by atoms with E-state index in [2.05, 4.69) is 9.78 Å². The number of rotatable bonds is 7. The summed E-state index contributed by atoms with van der Waals surface area (Å²) in [4.78, 5) is 8.26. The topological polar surface area (TPSA) is 109 Å². The summed E-state index contributed by atoms with van der Waals surface area (Å²) in [6.07, 6.45) is 0. The van der Waals surface area contributed by atoms with E-state index in [1.54, 1.807) is 30.3 Å². The number of phenols is 1. The second kappa shape index (κ2) is 7.74. The van der Waals surface area contributed by atoms with Crippen molar-refractivity contribution in [3.05, 3.63) is 47.5 Å². The maximum atomic E-state index is 9.63. The van der Waals surface area contributed by atoms with E-state index < -0.39 is 6.79 Å². The lowest BCUT2D eigenvalue weighted by atomic mass is 9.99. The van der Waals surface area contributed by atoms with Gasteiger partial charge in [0.15, 0.2) is 18.3 Å². The number of aliphatic hydroxyl groups is 1. The maximum Gasteiger partial charge on any atom is 0.186 e. The van der Waals surface area contributed by atoms with Gasteiger partial charge in [0.2, 0.25) is 0 Å². The Morgan fingerprint density at radius 2 is 1.45 bits per heavy atom. The summed E-state index contributed by atoms with van der Waals surface area (Å²) in [5, 5.41) is 35.6. The average molecular weight is 308 g/mol. The van der Waals surface area contributed by atoms with Crippen LogP contribution in [0.1, 0.15) is 11.1 Å². The number of aliphatic hydroxyl groups excluding tert-OH is 1. The molecule has 7 nitrogen and oxygen atoms in total. The SMILES string of the molecule is OCOc1cc(-c2ccc(COO)c(COO)c2)ccc1O. The van der Waals surface area contributed by atoms with Gasteiger partial charge in [-0.1, -0.05) is 18.2 Å². The molecule has 2 aromatic rings. The summed E-state index contributed by atoms with van der Waals surface area (Å²) in [6.45, 7) is -0.647. The number of benzene rings is 2. The number of aromatic hydroxyl groups is 1. The molecule has 2 rings (SSSR count). The zero-order valence-corrected chi connectivity index (χ0v) is 11.6. The highest BCUT2D eigenvalue weighted by atomic mass is 17.1. The minimum atomic E-state index is -0.548. The molecule has 118 valence electrons. The second-order valence-electron chi connectivity index (χ2n) is 4.49. The monoisotopic (exact) mass is 308 g/mol. The van der Waals surface area contributed by atoms with E-state index in [0.717, 1.165) is 11.1 Å². The molecule has 0 saturated heterocycles. The molecular weight excluding hydrogens is 292 g/mol. The first kappa shape index (κ1) is 16.2. The fourth-order valence-corrected chi connectivity index (χ4v) is 2.10. The van der Waals surface area contributed by atoms with Crippen LogP contribution in [0.5, 0.6) is 11.5 Å². The van der Waals surface area contributed by atoms with Gasteiger partial charge in [0, 0.05) is 0 Å². The molecule has 4 N–H and O–H groups in total. The molecule has 0 aromatic heterocycles. The van der Waals surface area contributed by atoms with Crippen molar-refractivity contribution in [1.29, 1.82) is 0 Å². The standard InChI is InChI=1S/C15H16O7/c16-9-20-15-6-11(3-4-14(15)17)10-1-2-12(7-21-18)13(5-10)8-22-19/h1-6,16-19H,7-9H2. The smallest absolute Gasteiger partial charge is 0.186 e. The van der Waals surface area contributed by atoms with Gasteiger partial charge in [0.25, 0.3) is 0 Å². The molecule has 7 heteroatoms. The van der Waals surface area contributed by atoms with Crippen LogP contribution in [0.3, 0.4) is 0 Å². The van der Waals surface area contributed by atoms with Crippen molar-refractivity contribution >= 4 is 0 Å². The Kier molecular flexibility index (Phi) is 5.70. The Labute approximate surface area is 126 Å². The van der Waals surface area contributed by atoms with E-state index in [-0.39, 0.29) is 24.7 Å². The molecule has 0 aliphatic carbocycles. The lowest BCUT2D eigenvalue weighted by Crippen LogP contribution is -1.99. The maximum absolute atomic E-state index is 9.63. The van der Waals surface area contributed by atoms with Crippen molar-refractivity contribution < 1.29 is 35.2 Å². The van der Waals surface area contributed by atoms with Gasteiger partial charge in [-0.25, -0.2) is 9.78 Å². The molecule has 0 radical (unpaired) electrons. The fourth-order valence-electron chi connectivity index (χ4n) is 2.10. The van der Waals surface area contributed by atoms with E-state index in [1.165, 1.54) is 6.07 Å². The predicted octanol–water partition coefficient (Wildman–Crippen LogP) is 2.37. The lowest BCUT2D eigenvalue weighted by molar-refractivity contribution is -0.258. The highest BCUT2D eigenvalue weighted by molar-refractivity contribution is 5.68. The van der Waals surface area contributed by atoms with Gasteiger partial charge in [0.1, 0.15) is 13.2 Å². The molecule has 0 heterocycles. The molecule has 0 fully saturated rings. The average Bonchev–Trinajstić information content (AvgIpc) is 2.52. The summed E-state index contributed by atoms with van der Waals surface area (Å²) in [7, 11) is 0. The third kappa shape index (κ3) is 3.73. The Bertz CT molecular complexity index is 627. The molecule has 0 spiro atoms. The third-order valence-corrected chi connectivity index (χ3v) is 3.16. The van der Waals surface area contributed by atoms with Crippen molar-refractivity contribution in [1.82, 2.24) is 0 Å². The Morgan fingerprint density at radius 3 is 2.14 bits per heavy atom. The zero-order valence-electron chi connectivity index (χ0n) is 11.6. The van der Waals surface area contributed by atoms with Gasteiger partial charge >= 0.3 is 0 Å². The quantitative estimate of drug-likeness (QED) is 0.353. The van der Waals surface area contributed by atoms with Crippen LogP contribution in [-0.2, 0) is 23.0 Å². The molecule has 0 amide bonds. The van der Waals surface area contributed by atoms with Crippen LogP contribution in [0.2, 0.25) is 0 Å². The highest BCUT2D eigenvalue weighted by Gasteiger charge is 2.09. The fraction of sp³-hybridized carbons (Fsp3) is 0.200. The van der Waals surface area contributed by atoms with Gasteiger partial charge in [-0.15, -0.1) is 0 Å². The minimum absolute atomic E-state index is 0.0343. The van der Waals surface area contributed by atoms with Crippen molar-refractivity contribution in [2.75, 3.05) is 6.79 Å². The van der Waals surface area contributed by atoms with Gasteiger partial charge < -0.3 is 14.9 Å². The predicted molar refractivity (Wildman–Crippen MR) is 76.1 cm³/mol. The summed E-state index contributed by atoms with van der Waals surface area (Å²) in [5.41, 5.74) is 2.80. The molecule has 0 saturated carbocycles. The van der Waals surface area contributed by atoms with Gasteiger partial charge in [-0.3, -0.25) is 10.5 Å². The Balaban J connectivity index is 2.39. The van der Waals surface area contributed by atoms with Crippen LogP contribution in [0, 0.1) is 0 Å². The molecule has 0 bridgehead atoms. The summed E-state index contributed by atoms with van der Waals surface area (Å²) in [5.74, 6) is 0.0738. The zero-order chi connectivity index (χ0) is 15.9. The molecule has 22 heavy (non-hydrogen) atoms. The number of phenolic OH excluding ortho intramolecular Hbond substituents is 1. The van der Waals surface area contributed by atoms with Crippen molar-refractivity contribution in [3.8, 4) is 22.6 Å². The first-order valence-corrected chi connectivity index (χ1v) is 6.41. The summed E-state index contributed by atoms with van der Waals surface area (Å²) in [6, 6.07) is 9.96. The summed E-state index contributed by atoms with van der Waals surface area (Å²) < 4.78 is 4.93. The number of ether oxygens (including phenoxy) is 1. The first-order chi connectivity index (χ1) is 10.7. The van der Waals surface area contributed by atoms with Crippen molar-refractivity contribution in [3.63, 3.8) is 0 Å². The van der Waals surface area contributed by atoms with E-state index in [9.17, 15) is 5.11 Å². The lowest BCUT2D eigenvalue weighted by Gasteiger charge is -2.11. The first-order valence-electron chi connectivity index (χ1n) is 6.41. The third-order valence-electron chi connectivity index (χ3n) is 3.16. The second-order valence-corrected chi connectivity index (χ2v) is 4.49. The van der Waals surface area contributed by atoms with Crippen LogP contribution in [0.4, 0.5) is 0 Å². The summed E-state index contributed by atoms with van der Waals surface area (Å²) >= 11 is 0. The van der Waals surface area contributed by atoms with E-state index in [4.69, 9.17) is 20.4 Å². The van der Waals surface area contributed by atoms with Crippen molar-refractivity contribution in [2.24, 2.45) is 0 Å². The number of hydrogen-bond acceptors (Lipinski definition) is 7. The molecule has 0 atom stereocenters. The van der Waals surface area contributed by atoms with Crippen LogP contribution in [-0.4, -0.2) is 27.5 Å². The Hall–Kier alpha value is -2.16. The molecular formula is C15H16O7. The molecule has 0 aliphatic heterocycles. The molecule has 0 aliphatic rings. The number of hydrogen-bond donors (Lipinski definition) is 4. The highest BCUT2D eigenvalue weighted by Crippen LogP contribution is 2.32. The normalized spacial score (nSPS) is 10.7. The van der Waals surface area contributed by atoms with Crippen LogP contribution >= 0.6 is 0 Å².